The Morgan fingerprint density at radius 1 is 0.333 bits per heavy atom. The summed E-state index contributed by atoms with van der Waals surface area (Å²) >= 11 is 0. The molecule has 0 aliphatic carbocycles. The van der Waals surface area contributed by atoms with Crippen LogP contribution in [-0.4, -0.2) is 96.7 Å². The lowest BCUT2D eigenvalue weighted by Gasteiger charge is -2.21. The zero-order valence-electron chi connectivity index (χ0n) is 56.3. The number of aliphatic hydroxyl groups excluding tert-OH is 1. The molecule has 3 N–H and O–H groups in total. The fraction of sp³-hybridized carbons (Fsp3) is 0.941. The van der Waals surface area contributed by atoms with Crippen molar-refractivity contribution in [2.24, 2.45) is 11.8 Å². The van der Waals surface area contributed by atoms with Gasteiger partial charge in [-0.3, -0.25) is 37.3 Å². The molecule has 0 saturated carbocycles. The maximum Gasteiger partial charge on any atom is 0.472 e. The van der Waals surface area contributed by atoms with Gasteiger partial charge in [0, 0.05) is 25.7 Å². The van der Waals surface area contributed by atoms with Gasteiger partial charge in [-0.1, -0.05) is 292 Å². The van der Waals surface area contributed by atoms with Crippen LogP contribution in [0.15, 0.2) is 0 Å². The quantitative estimate of drug-likeness (QED) is 0.0222. The Balaban J connectivity index is 5.25. The number of hydrogen-bond donors (Lipinski definition) is 3. The Kier molecular flexibility index (Phi) is 59.0. The van der Waals surface area contributed by atoms with Gasteiger partial charge in [0.1, 0.15) is 19.3 Å². The van der Waals surface area contributed by atoms with Crippen molar-refractivity contribution in [1.82, 2.24) is 0 Å². The predicted molar refractivity (Wildman–Crippen MR) is 349 cm³/mol. The van der Waals surface area contributed by atoms with Crippen molar-refractivity contribution in [3.63, 3.8) is 0 Å². The van der Waals surface area contributed by atoms with Gasteiger partial charge in [0.25, 0.3) is 0 Å². The number of phosphoric acid groups is 2. The SMILES string of the molecule is CCCCCCCCCCCCC(=O)OC[C@H](COP(=O)(O)OC[C@H](O)COP(=O)(O)OC[C@@H](COC(=O)CCCCCCCCCCCCC(C)C)OC(=O)CCCCCCCCCCCCC(C)CC)OC(=O)CCCCCCCCCCCC. The molecular formula is C68H132O17P2. The zero-order chi connectivity index (χ0) is 64.3. The highest BCUT2D eigenvalue weighted by atomic mass is 31.2. The number of unbranched alkanes of at least 4 members (excludes halogenated alkanes) is 36. The molecule has 0 amide bonds. The summed E-state index contributed by atoms with van der Waals surface area (Å²) in [5, 5.41) is 10.6. The highest BCUT2D eigenvalue weighted by Gasteiger charge is 2.30. The van der Waals surface area contributed by atoms with Crippen LogP contribution in [0.3, 0.4) is 0 Å². The van der Waals surface area contributed by atoms with Crippen molar-refractivity contribution in [1.29, 1.82) is 0 Å². The molecule has 516 valence electrons. The highest BCUT2D eigenvalue weighted by Crippen LogP contribution is 2.45. The lowest BCUT2D eigenvalue weighted by Crippen LogP contribution is -2.30. The monoisotopic (exact) mass is 1280 g/mol. The van der Waals surface area contributed by atoms with Crippen LogP contribution in [0.2, 0.25) is 0 Å². The van der Waals surface area contributed by atoms with Crippen LogP contribution in [0.1, 0.15) is 343 Å². The first-order valence-corrected chi connectivity index (χ1v) is 38.5. The number of phosphoric ester groups is 2. The van der Waals surface area contributed by atoms with E-state index in [2.05, 4.69) is 41.5 Å². The summed E-state index contributed by atoms with van der Waals surface area (Å²) < 4.78 is 68.2. The van der Waals surface area contributed by atoms with E-state index >= 15 is 0 Å². The normalized spacial score (nSPS) is 14.5. The van der Waals surface area contributed by atoms with Gasteiger partial charge in [-0.2, -0.15) is 0 Å². The third-order valence-electron chi connectivity index (χ3n) is 16.1. The molecule has 0 saturated heterocycles. The van der Waals surface area contributed by atoms with E-state index in [0.717, 1.165) is 102 Å². The molecule has 0 aliphatic rings. The summed E-state index contributed by atoms with van der Waals surface area (Å²) in [5.74, 6) is -0.565. The number of rotatable bonds is 67. The molecule has 0 spiro atoms. The third kappa shape index (κ3) is 61.3. The summed E-state index contributed by atoms with van der Waals surface area (Å²) in [6, 6.07) is 0. The Morgan fingerprint density at radius 2 is 0.586 bits per heavy atom. The van der Waals surface area contributed by atoms with Gasteiger partial charge in [-0.05, 0) is 37.5 Å². The molecule has 0 rings (SSSR count). The standard InChI is InChI=1S/C68H132O17P2/c1-7-10-12-14-16-18-26-32-38-44-50-65(70)78-56-63(84-67(72)52-46-40-34-27-19-17-15-13-11-8-2)58-82-86(74,75)80-54-62(69)55-81-87(76,77)83-59-64(57-79-66(71)51-45-39-33-28-22-20-24-30-36-42-48-60(4)5)85-68(73)53-47-41-35-29-23-21-25-31-37-43-49-61(6)9-3/h60-64,69H,7-59H2,1-6H3,(H,74,75)(H,76,77)/t61?,62-,63+,64+/m0/s1. The van der Waals surface area contributed by atoms with Crippen LogP contribution < -0.4 is 0 Å². The fourth-order valence-electron chi connectivity index (χ4n) is 10.2. The number of ether oxygens (including phenoxy) is 4. The van der Waals surface area contributed by atoms with Gasteiger partial charge in [-0.25, -0.2) is 9.13 Å². The second-order valence-electron chi connectivity index (χ2n) is 25.3. The number of carbonyl (C=O) groups excluding carboxylic acids is 4. The average Bonchev–Trinajstić information content (AvgIpc) is 3.68. The van der Waals surface area contributed by atoms with E-state index in [1.807, 2.05) is 0 Å². The Labute approximate surface area is 530 Å². The van der Waals surface area contributed by atoms with Crippen LogP contribution >= 0.6 is 15.6 Å². The fourth-order valence-corrected chi connectivity index (χ4v) is 11.8. The van der Waals surface area contributed by atoms with E-state index in [1.54, 1.807) is 0 Å². The lowest BCUT2D eigenvalue weighted by molar-refractivity contribution is -0.161. The van der Waals surface area contributed by atoms with E-state index in [0.29, 0.717) is 25.7 Å². The zero-order valence-corrected chi connectivity index (χ0v) is 58.1. The van der Waals surface area contributed by atoms with Gasteiger partial charge in [0.05, 0.1) is 26.4 Å². The molecule has 0 aliphatic heterocycles. The summed E-state index contributed by atoms with van der Waals surface area (Å²) in [7, 11) is -9.89. The van der Waals surface area contributed by atoms with Crippen molar-refractivity contribution in [2.75, 3.05) is 39.6 Å². The smallest absolute Gasteiger partial charge is 0.462 e. The molecule has 0 bridgehead atoms. The Morgan fingerprint density at radius 3 is 0.874 bits per heavy atom. The second kappa shape index (κ2) is 60.3. The molecule has 0 heterocycles. The predicted octanol–water partition coefficient (Wildman–Crippen LogP) is 19.2. The lowest BCUT2D eigenvalue weighted by atomic mass is 9.99. The molecule has 0 aromatic rings. The molecule has 0 radical (unpaired) electrons. The van der Waals surface area contributed by atoms with Crippen molar-refractivity contribution < 1.29 is 80.2 Å². The summed E-state index contributed by atoms with van der Waals surface area (Å²) in [5.41, 5.74) is 0. The summed E-state index contributed by atoms with van der Waals surface area (Å²) in [6.07, 6.45) is 44.2. The molecule has 87 heavy (non-hydrogen) atoms. The first-order chi connectivity index (χ1) is 41.9. The summed E-state index contributed by atoms with van der Waals surface area (Å²) in [4.78, 5) is 72.4. The Bertz CT molecular complexity index is 1700. The molecule has 19 heteroatoms. The summed E-state index contributed by atoms with van der Waals surface area (Å²) in [6.45, 7) is 9.54. The second-order valence-corrected chi connectivity index (χ2v) is 28.2. The minimum absolute atomic E-state index is 0.106. The number of carbonyl (C=O) groups is 4. The minimum atomic E-state index is -4.95. The Hall–Kier alpha value is -1.94. The van der Waals surface area contributed by atoms with Crippen LogP contribution in [0.4, 0.5) is 0 Å². The first-order valence-electron chi connectivity index (χ1n) is 35.5. The van der Waals surface area contributed by atoms with Crippen molar-refractivity contribution >= 4 is 39.5 Å². The average molecular weight is 1280 g/mol. The van der Waals surface area contributed by atoms with Crippen molar-refractivity contribution in [3.05, 3.63) is 0 Å². The highest BCUT2D eigenvalue weighted by molar-refractivity contribution is 7.47. The first kappa shape index (κ1) is 85.1. The van der Waals surface area contributed by atoms with Gasteiger partial charge in [-0.15, -0.1) is 0 Å². The van der Waals surface area contributed by atoms with E-state index in [-0.39, 0.29) is 25.7 Å². The van der Waals surface area contributed by atoms with Gasteiger partial charge >= 0.3 is 39.5 Å². The van der Waals surface area contributed by atoms with E-state index < -0.39 is 97.5 Å². The maximum atomic E-state index is 13.0. The number of hydrogen-bond acceptors (Lipinski definition) is 15. The molecule has 0 aromatic heterocycles. The van der Waals surface area contributed by atoms with Gasteiger partial charge in [0.15, 0.2) is 12.2 Å². The van der Waals surface area contributed by atoms with Gasteiger partial charge < -0.3 is 33.8 Å². The topological polar surface area (TPSA) is 237 Å². The van der Waals surface area contributed by atoms with Crippen LogP contribution in [0.5, 0.6) is 0 Å². The number of esters is 4. The van der Waals surface area contributed by atoms with Crippen LogP contribution in [0.25, 0.3) is 0 Å². The largest absolute Gasteiger partial charge is 0.472 e. The molecule has 0 aromatic carbocycles. The van der Waals surface area contributed by atoms with Crippen molar-refractivity contribution in [3.8, 4) is 0 Å². The molecule has 6 atom stereocenters. The minimum Gasteiger partial charge on any atom is -0.462 e. The van der Waals surface area contributed by atoms with Crippen molar-refractivity contribution in [2.45, 2.75) is 362 Å². The number of aliphatic hydroxyl groups is 1. The van der Waals surface area contributed by atoms with Crippen LogP contribution in [0, 0.1) is 11.8 Å². The van der Waals surface area contributed by atoms with Crippen LogP contribution in [-0.2, 0) is 65.4 Å². The van der Waals surface area contributed by atoms with E-state index in [4.69, 9.17) is 37.0 Å². The molecule has 17 nitrogen and oxygen atoms in total. The maximum absolute atomic E-state index is 13.0. The van der Waals surface area contributed by atoms with Gasteiger partial charge in [0.2, 0.25) is 0 Å². The van der Waals surface area contributed by atoms with E-state index in [9.17, 15) is 43.2 Å². The third-order valence-corrected chi connectivity index (χ3v) is 18.0. The van der Waals surface area contributed by atoms with E-state index in [1.165, 1.54) is 161 Å². The molecule has 0 fully saturated rings. The molecular weight excluding hydrogens is 1150 g/mol. The molecule has 3 unspecified atom stereocenters.